The van der Waals surface area contributed by atoms with E-state index in [1.54, 1.807) is 19.2 Å². The summed E-state index contributed by atoms with van der Waals surface area (Å²) in [6.07, 6.45) is -0.148. The summed E-state index contributed by atoms with van der Waals surface area (Å²) in [6.45, 7) is 6.44. The third-order valence-corrected chi connectivity index (χ3v) is 2.58. The van der Waals surface area contributed by atoms with Crippen LogP contribution in [-0.4, -0.2) is 45.4 Å². The van der Waals surface area contributed by atoms with Crippen LogP contribution in [-0.2, 0) is 4.74 Å². The molecule has 1 unspecified atom stereocenters. The van der Waals surface area contributed by atoms with Gasteiger partial charge in [-0.2, -0.15) is 0 Å². The van der Waals surface area contributed by atoms with E-state index in [0.29, 0.717) is 31.4 Å². The molecular weight excluding hydrogens is 400 g/mol. The number of nitrogens with one attached hydrogen (secondary N) is 2. The highest BCUT2D eigenvalue weighted by atomic mass is 127. The zero-order valence-electron chi connectivity index (χ0n) is 13.3. The van der Waals surface area contributed by atoms with E-state index in [-0.39, 0.29) is 35.9 Å². The Morgan fingerprint density at radius 3 is 2.77 bits per heavy atom. The van der Waals surface area contributed by atoms with Crippen molar-refractivity contribution in [3.05, 3.63) is 30.1 Å². The summed E-state index contributed by atoms with van der Waals surface area (Å²) in [4.78, 5) is 4.42. The molecule has 0 saturated carbocycles. The number of methoxy groups -OCH3 is 1. The molecule has 7 heteroatoms. The zero-order chi connectivity index (χ0) is 15.5. The molecule has 0 heterocycles. The summed E-state index contributed by atoms with van der Waals surface area (Å²) in [5.41, 5.74) is 0. The van der Waals surface area contributed by atoms with Crippen molar-refractivity contribution in [1.82, 2.24) is 10.6 Å². The molecule has 126 valence electrons. The molecule has 0 saturated heterocycles. The first-order chi connectivity index (χ1) is 10.2. The molecule has 0 bridgehead atoms. The van der Waals surface area contributed by atoms with Gasteiger partial charge in [0.05, 0.1) is 13.2 Å². The summed E-state index contributed by atoms with van der Waals surface area (Å²) in [5.74, 6) is 0.914. The maximum absolute atomic E-state index is 13.1. The Morgan fingerprint density at radius 2 is 2.14 bits per heavy atom. The van der Waals surface area contributed by atoms with E-state index < -0.39 is 0 Å². The smallest absolute Gasteiger partial charge is 0.191 e. The number of hydrogen-bond acceptors (Lipinski definition) is 3. The minimum Gasteiger partial charge on any atom is -0.489 e. The number of halogens is 2. The van der Waals surface area contributed by atoms with Gasteiger partial charge in [0.2, 0.25) is 0 Å². The third kappa shape index (κ3) is 9.04. The molecule has 0 amide bonds. The Morgan fingerprint density at radius 1 is 1.36 bits per heavy atom. The molecule has 0 aliphatic rings. The number of nitrogens with zero attached hydrogens (tertiary/aromatic N) is 1. The molecule has 0 fully saturated rings. The van der Waals surface area contributed by atoms with E-state index >= 15 is 0 Å². The van der Waals surface area contributed by atoms with Gasteiger partial charge in [0.25, 0.3) is 0 Å². The standard InChI is InChI=1S/C15H24FN3O2.HI/c1-4-17-15(18-8-9-20-3)19-11-12(2)21-14-7-5-6-13(16)10-14;/h5-7,10,12H,4,8-9,11H2,1-3H3,(H2,17,18,19);1H. The minimum absolute atomic E-state index is 0. The molecule has 0 radical (unpaired) electrons. The SMILES string of the molecule is CCNC(=NCC(C)Oc1cccc(F)c1)NCCOC.I. The van der Waals surface area contributed by atoms with Crippen molar-refractivity contribution in [3.8, 4) is 5.75 Å². The van der Waals surface area contributed by atoms with Crippen LogP contribution in [0.1, 0.15) is 13.8 Å². The molecule has 1 atom stereocenters. The Hall–Kier alpha value is -1.09. The van der Waals surface area contributed by atoms with Crippen LogP contribution in [0.2, 0.25) is 0 Å². The maximum atomic E-state index is 13.1. The van der Waals surface area contributed by atoms with Crippen LogP contribution < -0.4 is 15.4 Å². The van der Waals surface area contributed by atoms with Gasteiger partial charge in [-0.25, -0.2) is 9.38 Å². The number of ether oxygens (including phenoxy) is 2. The van der Waals surface area contributed by atoms with Gasteiger partial charge in [0.15, 0.2) is 5.96 Å². The summed E-state index contributed by atoms with van der Waals surface area (Å²) in [5, 5.41) is 6.29. The van der Waals surface area contributed by atoms with Crippen molar-refractivity contribution < 1.29 is 13.9 Å². The third-order valence-electron chi connectivity index (χ3n) is 2.58. The van der Waals surface area contributed by atoms with E-state index in [0.717, 1.165) is 6.54 Å². The predicted molar refractivity (Wildman–Crippen MR) is 97.8 cm³/mol. The van der Waals surface area contributed by atoms with Crippen molar-refractivity contribution in [2.75, 3.05) is 33.4 Å². The second-order valence-corrected chi connectivity index (χ2v) is 4.53. The van der Waals surface area contributed by atoms with Crippen molar-refractivity contribution in [3.63, 3.8) is 0 Å². The van der Waals surface area contributed by atoms with Crippen molar-refractivity contribution in [2.24, 2.45) is 4.99 Å². The molecule has 0 aromatic heterocycles. The molecular formula is C15H25FIN3O2. The van der Waals surface area contributed by atoms with Gasteiger partial charge >= 0.3 is 0 Å². The monoisotopic (exact) mass is 425 g/mol. The molecule has 2 N–H and O–H groups in total. The van der Waals surface area contributed by atoms with Crippen LogP contribution in [0, 0.1) is 5.82 Å². The second kappa shape index (κ2) is 12.5. The fourth-order valence-electron chi connectivity index (χ4n) is 1.64. The fourth-order valence-corrected chi connectivity index (χ4v) is 1.64. The average Bonchev–Trinajstić information content (AvgIpc) is 2.45. The highest BCUT2D eigenvalue weighted by molar-refractivity contribution is 14.0. The molecule has 1 aromatic carbocycles. The van der Waals surface area contributed by atoms with Gasteiger partial charge < -0.3 is 20.1 Å². The van der Waals surface area contributed by atoms with Gasteiger partial charge in [-0.3, -0.25) is 0 Å². The first kappa shape index (κ1) is 20.9. The van der Waals surface area contributed by atoms with E-state index in [2.05, 4.69) is 15.6 Å². The Bertz CT molecular complexity index is 447. The van der Waals surface area contributed by atoms with Gasteiger partial charge in [-0.15, -0.1) is 24.0 Å². The second-order valence-electron chi connectivity index (χ2n) is 4.53. The molecule has 0 aliphatic carbocycles. The molecule has 0 spiro atoms. The summed E-state index contributed by atoms with van der Waals surface area (Å²) in [6, 6.07) is 6.10. The van der Waals surface area contributed by atoms with E-state index in [4.69, 9.17) is 9.47 Å². The average molecular weight is 425 g/mol. The number of hydrogen-bond donors (Lipinski definition) is 2. The van der Waals surface area contributed by atoms with Crippen LogP contribution in [0.25, 0.3) is 0 Å². The van der Waals surface area contributed by atoms with Crippen LogP contribution in [0.5, 0.6) is 5.75 Å². The predicted octanol–water partition coefficient (Wildman–Crippen LogP) is 2.41. The Labute approximate surface area is 148 Å². The summed E-state index contributed by atoms with van der Waals surface area (Å²) in [7, 11) is 1.65. The normalized spacial score (nSPS) is 12.3. The number of benzene rings is 1. The molecule has 22 heavy (non-hydrogen) atoms. The zero-order valence-corrected chi connectivity index (χ0v) is 15.6. The van der Waals surface area contributed by atoms with Crippen molar-refractivity contribution in [2.45, 2.75) is 20.0 Å². The fraction of sp³-hybridized carbons (Fsp3) is 0.533. The van der Waals surface area contributed by atoms with Gasteiger partial charge in [0.1, 0.15) is 17.7 Å². The van der Waals surface area contributed by atoms with E-state index in [1.807, 2.05) is 13.8 Å². The van der Waals surface area contributed by atoms with Gasteiger partial charge in [0, 0.05) is 26.3 Å². The van der Waals surface area contributed by atoms with Gasteiger partial charge in [-0.1, -0.05) is 6.07 Å². The highest BCUT2D eigenvalue weighted by Crippen LogP contribution is 2.13. The number of rotatable bonds is 8. The first-order valence-corrected chi connectivity index (χ1v) is 7.09. The largest absolute Gasteiger partial charge is 0.489 e. The highest BCUT2D eigenvalue weighted by Gasteiger charge is 2.05. The lowest BCUT2D eigenvalue weighted by atomic mass is 10.3. The maximum Gasteiger partial charge on any atom is 0.191 e. The summed E-state index contributed by atoms with van der Waals surface area (Å²) < 4.78 is 23.7. The van der Waals surface area contributed by atoms with E-state index in [1.165, 1.54) is 12.1 Å². The van der Waals surface area contributed by atoms with E-state index in [9.17, 15) is 4.39 Å². The molecule has 0 aliphatic heterocycles. The topological polar surface area (TPSA) is 54.9 Å². The Balaban J connectivity index is 0.00000441. The lowest BCUT2D eigenvalue weighted by Crippen LogP contribution is -2.39. The number of aliphatic imine (C=N–C) groups is 1. The van der Waals surface area contributed by atoms with Crippen LogP contribution in [0.3, 0.4) is 0 Å². The molecule has 1 aromatic rings. The molecule has 5 nitrogen and oxygen atoms in total. The minimum atomic E-state index is -0.308. The van der Waals surface area contributed by atoms with Gasteiger partial charge in [-0.05, 0) is 26.0 Å². The Kier molecular flexibility index (Phi) is 11.8. The van der Waals surface area contributed by atoms with Crippen molar-refractivity contribution >= 4 is 29.9 Å². The van der Waals surface area contributed by atoms with Crippen LogP contribution in [0.4, 0.5) is 4.39 Å². The number of guanidine groups is 1. The molecule has 1 rings (SSSR count). The lowest BCUT2D eigenvalue weighted by molar-refractivity contribution is 0.203. The quantitative estimate of drug-likeness (QED) is 0.291. The first-order valence-electron chi connectivity index (χ1n) is 7.09. The van der Waals surface area contributed by atoms with Crippen LogP contribution in [0.15, 0.2) is 29.3 Å². The van der Waals surface area contributed by atoms with Crippen LogP contribution >= 0.6 is 24.0 Å². The summed E-state index contributed by atoms with van der Waals surface area (Å²) >= 11 is 0. The lowest BCUT2D eigenvalue weighted by Gasteiger charge is -2.15. The van der Waals surface area contributed by atoms with Crippen molar-refractivity contribution in [1.29, 1.82) is 0 Å².